The van der Waals surface area contributed by atoms with Gasteiger partial charge in [-0.25, -0.2) is 17.6 Å². The molecule has 0 saturated heterocycles. The van der Waals surface area contributed by atoms with Gasteiger partial charge in [0.05, 0.1) is 21.1 Å². The number of fused-ring (bicyclic) bond motifs is 2. The van der Waals surface area contributed by atoms with E-state index in [4.69, 9.17) is 10.0 Å². The van der Waals surface area contributed by atoms with Crippen molar-refractivity contribution in [1.29, 1.82) is 0 Å². The van der Waals surface area contributed by atoms with Crippen molar-refractivity contribution in [1.82, 2.24) is 19.8 Å². The third-order valence-corrected chi connectivity index (χ3v) is 13.3. The Morgan fingerprint density at radius 1 is 0.625 bits per heavy atom. The summed E-state index contributed by atoms with van der Waals surface area (Å²) < 4.78 is 52.5. The molecule has 2 aliphatic carbocycles. The average Bonchev–Trinajstić information content (AvgIpc) is 4.17. The molecule has 2 amide bonds. The zero-order chi connectivity index (χ0) is 44.9. The molecule has 6 aromatic rings. The lowest BCUT2D eigenvalue weighted by Crippen LogP contribution is -2.34. The second-order valence-electron chi connectivity index (χ2n) is 15.1. The van der Waals surface area contributed by atoms with E-state index < -0.39 is 30.4 Å². The number of benzene rings is 2. The molecule has 4 aliphatic rings. The molecule has 2 aromatic carbocycles. The largest absolute Gasteiger partial charge is 0.488 e. The molecule has 0 atom stereocenters. The van der Waals surface area contributed by atoms with Crippen molar-refractivity contribution in [3.8, 4) is 11.1 Å². The molecule has 324 valence electrons. The van der Waals surface area contributed by atoms with Crippen LogP contribution in [-0.2, 0) is 12.8 Å². The molecule has 0 spiro atoms. The van der Waals surface area contributed by atoms with E-state index in [1.807, 2.05) is 57.1 Å². The van der Waals surface area contributed by atoms with Crippen molar-refractivity contribution < 1.29 is 37.2 Å². The number of carbonyl (C=O) groups excluding carboxylic acids is 2. The van der Waals surface area contributed by atoms with Crippen molar-refractivity contribution in [2.75, 3.05) is 26.2 Å². The van der Waals surface area contributed by atoms with Crippen LogP contribution in [0, 0.1) is 23.3 Å². The summed E-state index contributed by atoms with van der Waals surface area (Å²) in [6.07, 6.45) is 15.6. The summed E-state index contributed by atoms with van der Waals surface area (Å²) in [4.78, 5) is 39.4. The summed E-state index contributed by atoms with van der Waals surface area (Å²) in [5.74, 6) is -3.61. The van der Waals surface area contributed by atoms with Gasteiger partial charge in [-0.05, 0) is 121 Å². The van der Waals surface area contributed by atoms with Gasteiger partial charge in [0.15, 0.2) is 23.3 Å². The van der Waals surface area contributed by atoms with Gasteiger partial charge < -0.3 is 19.8 Å². The number of halogens is 5. The van der Waals surface area contributed by atoms with Gasteiger partial charge in [-0.1, -0.05) is 48.6 Å². The molecular weight excluding hydrogens is 927 g/mol. The van der Waals surface area contributed by atoms with E-state index in [0.717, 1.165) is 98.8 Å². The number of thiophene rings is 2. The number of aromatic nitrogens is 2. The third-order valence-electron chi connectivity index (χ3n) is 11.1. The molecule has 0 unspecified atom stereocenters. The second kappa shape index (κ2) is 19.9. The van der Waals surface area contributed by atoms with Gasteiger partial charge in [0, 0.05) is 72.6 Å². The van der Waals surface area contributed by atoms with Crippen LogP contribution in [0.25, 0.3) is 22.3 Å². The number of hydrogen-bond donors (Lipinski definition) is 2. The summed E-state index contributed by atoms with van der Waals surface area (Å²) >= 11 is 6.47. The Labute approximate surface area is 383 Å². The number of hydrogen-bond acceptors (Lipinski definition) is 8. The highest BCUT2D eigenvalue weighted by atomic mass is 79.9. The fraction of sp³-hybridized carbons (Fsp3) is 0.167. The Kier molecular flexibility index (Phi) is 14.0. The fourth-order valence-electron chi connectivity index (χ4n) is 7.79. The molecular formula is C48H38BBrF4N4O4S2. The molecule has 64 heavy (non-hydrogen) atoms. The molecule has 0 saturated carbocycles. The lowest BCUT2D eigenvalue weighted by atomic mass is 9.80. The predicted molar refractivity (Wildman–Crippen MR) is 247 cm³/mol. The van der Waals surface area contributed by atoms with E-state index in [0.29, 0.717) is 25.2 Å². The van der Waals surface area contributed by atoms with Gasteiger partial charge in [0.1, 0.15) is 0 Å². The van der Waals surface area contributed by atoms with Crippen LogP contribution in [0.15, 0.2) is 136 Å². The zero-order valence-electron chi connectivity index (χ0n) is 34.0. The lowest BCUT2D eigenvalue weighted by molar-refractivity contribution is 0.0767. The Morgan fingerprint density at radius 3 is 1.64 bits per heavy atom. The highest BCUT2D eigenvalue weighted by Crippen LogP contribution is 2.38. The number of allylic oxidation sites excluding steroid dienone is 4. The van der Waals surface area contributed by atoms with Crippen molar-refractivity contribution >= 4 is 74.1 Å². The second-order valence-corrected chi connectivity index (χ2v) is 17.9. The number of nitrogens with zero attached hydrogens (tertiary/aromatic N) is 4. The molecule has 10 rings (SSSR count). The van der Waals surface area contributed by atoms with Gasteiger partial charge in [-0.3, -0.25) is 19.6 Å². The van der Waals surface area contributed by atoms with Crippen molar-refractivity contribution in [2.45, 2.75) is 25.7 Å². The zero-order valence-corrected chi connectivity index (χ0v) is 37.2. The van der Waals surface area contributed by atoms with Crippen LogP contribution in [0.2, 0.25) is 0 Å². The number of pyridine rings is 2. The van der Waals surface area contributed by atoms with E-state index in [1.54, 1.807) is 12.3 Å². The summed E-state index contributed by atoms with van der Waals surface area (Å²) in [5.41, 5.74) is 10.6. The third kappa shape index (κ3) is 10.1. The lowest BCUT2D eigenvalue weighted by Gasteiger charge is -2.27. The summed E-state index contributed by atoms with van der Waals surface area (Å²) in [6, 6.07) is 18.3. The minimum Gasteiger partial charge on any atom is -0.423 e. The number of rotatable bonds is 6. The van der Waals surface area contributed by atoms with E-state index in [1.165, 1.54) is 51.0 Å². The maximum atomic E-state index is 13.7. The Hall–Kier alpha value is -5.78. The van der Waals surface area contributed by atoms with Crippen LogP contribution in [-0.4, -0.2) is 74.9 Å². The van der Waals surface area contributed by atoms with Gasteiger partial charge in [-0.15, -0.1) is 22.7 Å². The first kappa shape index (κ1) is 44.8. The molecule has 8 nitrogen and oxygen atoms in total. The number of amides is 2. The first-order valence-corrected chi connectivity index (χ1v) is 22.8. The number of carbonyl (C=O) groups is 2. The van der Waals surface area contributed by atoms with Gasteiger partial charge >= 0.3 is 7.12 Å². The van der Waals surface area contributed by atoms with Gasteiger partial charge in [0.2, 0.25) is 0 Å². The Balaban J connectivity index is 0.000000145. The summed E-state index contributed by atoms with van der Waals surface area (Å²) in [6.45, 7) is 2.71. The van der Waals surface area contributed by atoms with Gasteiger partial charge in [0.25, 0.3) is 11.8 Å². The monoisotopic (exact) mass is 964 g/mol. The van der Waals surface area contributed by atoms with E-state index in [9.17, 15) is 27.2 Å². The van der Waals surface area contributed by atoms with Crippen molar-refractivity contribution in [3.63, 3.8) is 0 Å². The average molecular weight is 966 g/mol. The molecule has 16 heteroatoms. The first-order chi connectivity index (χ1) is 30.9. The van der Waals surface area contributed by atoms with Crippen LogP contribution in [0.1, 0.15) is 54.7 Å². The highest BCUT2D eigenvalue weighted by molar-refractivity contribution is 9.10. The normalized spacial score (nSPS) is 15.0. The minimum atomic E-state index is -1.76. The predicted octanol–water partition coefficient (Wildman–Crippen LogP) is 9.46. The standard InChI is InChI=1S/C24H18F2N2OS.C18H15BrN2OS.C6H5BF2O2/c25-20-5-3-16(13-21(20)26)17-12-19-18(4-6-22(19)27-14-17)15-7-9-28(10-8-15)24(29)23-2-1-11-30-23;19-13-10-15-14(3-4-16(15)20-11-13)12-5-7-21(8-6-12)18(22)17-2-1-9-23-17;8-5-2-1-4(7(10)11)3-6(5)9/h1-5,7,11-14H,6,8-10H2;1-3,5,9-11H,4,6-8H2;1-3,10-11H. The quantitative estimate of drug-likeness (QED) is 0.127. The molecule has 6 heterocycles. The maximum Gasteiger partial charge on any atom is 0.488 e. The van der Waals surface area contributed by atoms with Crippen LogP contribution in [0.3, 0.4) is 0 Å². The van der Waals surface area contributed by atoms with Crippen LogP contribution in [0.4, 0.5) is 17.6 Å². The summed E-state index contributed by atoms with van der Waals surface area (Å²) in [7, 11) is -1.76. The van der Waals surface area contributed by atoms with Crippen LogP contribution in [0.5, 0.6) is 0 Å². The molecule has 0 bridgehead atoms. The Morgan fingerprint density at radius 2 is 1.16 bits per heavy atom. The molecule has 0 radical (unpaired) electrons. The highest BCUT2D eigenvalue weighted by Gasteiger charge is 2.26. The molecule has 2 aliphatic heterocycles. The van der Waals surface area contributed by atoms with E-state index >= 15 is 0 Å². The van der Waals surface area contributed by atoms with Crippen LogP contribution >= 0.6 is 38.6 Å². The van der Waals surface area contributed by atoms with Crippen molar-refractivity contribution in [2.24, 2.45) is 0 Å². The molecule has 4 aromatic heterocycles. The first-order valence-electron chi connectivity index (χ1n) is 20.3. The maximum absolute atomic E-state index is 13.7. The topological polar surface area (TPSA) is 107 Å². The van der Waals surface area contributed by atoms with E-state index in [-0.39, 0.29) is 17.3 Å². The van der Waals surface area contributed by atoms with Crippen LogP contribution < -0.4 is 5.46 Å². The smallest absolute Gasteiger partial charge is 0.423 e. The minimum absolute atomic E-state index is 0.0658. The van der Waals surface area contributed by atoms with Crippen molar-refractivity contribution in [3.05, 3.63) is 191 Å². The molecule has 0 fully saturated rings. The molecule has 2 N–H and O–H groups in total. The Bertz CT molecular complexity index is 2850. The van der Waals surface area contributed by atoms with Gasteiger partial charge in [-0.2, -0.15) is 0 Å². The fourth-order valence-corrected chi connectivity index (χ4v) is 9.51. The summed E-state index contributed by atoms with van der Waals surface area (Å²) in [5, 5.41) is 20.9. The van der Waals surface area contributed by atoms with E-state index in [2.05, 4.69) is 56.3 Å². The SMILES string of the molecule is O=C(c1cccs1)N1CC=C(C2=CCc3ncc(-c4ccc(F)c(F)c4)cc32)CC1.O=C(c1cccs1)N1CC=C(C2=CCc3ncc(Br)cc32)CC1.OB(O)c1ccc(F)c(F)c1.